The molecule has 7 nitrogen and oxygen atoms in total. The Bertz CT molecular complexity index is 322. The number of hydrogen-bond donors (Lipinski definition) is 4. The van der Waals surface area contributed by atoms with Crippen molar-refractivity contribution >= 4 is 11.8 Å². The molecule has 7 heteroatoms. The topological polar surface area (TPSA) is 113 Å². The van der Waals surface area contributed by atoms with Crippen LogP contribution in [0.3, 0.4) is 0 Å². The van der Waals surface area contributed by atoms with Gasteiger partial charge in [0.15, 0.2) is 0 Å². The molecule has 5 N–H and O–H groups in total. The average Bonchev–Trinajstić information content (AvgIpc) is 2.75. The number of H-pyrrole nitrogens is 1. The number of nitrogens with zero attached hydrogens (tertiary/aromatic N) is 1. The van der Waals surface area contributed by atoms with Gasteiger partial charge in [0.1, 0.15) is 0 Å². The first kappa shape index (κ1) is 11.2. The molecule has 0 saturated carbocycles. The Labute approximate surface area is 86.4 Å². The normalized spacial score (nSPS) is 9.67. The van der Waals surface area contributed by atoms with Gasteiger partial charge in [-0.25, -0.2) is 0 Å². The maximum atomic E-state index is 11.2. The Balaban J connectivity index is 2.16. The third-order valence-electron chi connectivity index (χ3n) is 1.67. The van der Waals surface area contributed by atoms with Gasteiger partial charge in [0.2, 0.25) is 11.8 Å². The van der Waals surface area contributed by atoms with E-state index in [0.29, 0.717) is 6.54 Å². The molecule has 1 heterocycles. The summed E-state index contributed by atoms with van der Waals surface area (Å²) >= 11 is 0. The SMILES string of the molecule is NCC(=O)NCC(=O)NCc1ccn[nH]1. The van der Waals surface area contributed by atoms with Crippen LogP contribution in [0.5, 0.6) is 0 Å². The molecule has 0 aliphatic heterocycles. The zero-order chi connectivity index (χ0) is 11.1. The van der Waals surface area contributed by atoms with E-state index < -0.39 is 0 Å². The second-order valence-electron chi connectivity index (χ2n) is 2.84. The molecule has 2 amide bonds. The predicted octanol–water partition coefficient (Wildman–Crippen LogP) is -1.90. The lowest BCUT2D eigenvalue weighted by molar-refractivity contribution is -0.125. The fourth-order valence-corrected chi connectivity index (χ4v) is 0.890. The number of aromatic nitrogens is 2. The Morgan fingerprint density at radius 3 is 2.80 bits per heavy atom. The minimum absolute atomic E-state index is 0.0653. The zero-order valence-electron chi connectivity index (χ0n) is 8.12. The Morgan fingerprint density at radius 2 is 2.20 bits per heavy atom. The highest BCUT2D eigenvalue weighted by atomic mass is 16.2. The minimum Gasteiger partial charge on any atom is -0.349 e. The number of amides is 2. The quantitative estimate of drug-likeness (QED) is 0.455. The number of carbonyl (C=O) groups excluding carboxylic acids is 2. The first-order chi connectivity index (χ1) is 7.22. The Kier molecular flexibility index (Phi) is 4.30. The van der Waals surface area contributed by atoms with Crippen molar-refractivity contribution in [3.63, 3.8) is 0 Å². The number of carbonyl (C=O) groups is 2. The molecule has 0 aliphatic rings. The van der Waals surface area contributed by atoms with Gasteiger partial charge in [-0.2, -0.15) is 5.10 Å². The van der Waals surface area contributed by atoms with Gasteiger partial charge in [0.25, 0.3) is 0 Å². The fourth-order valence-electron chi connectivity index (χ4n) is 0.890. The molecule has 0 atom stereocenters. The third-order valence-corrected chi connectivity index (χ3v) is 1.67. The van der Waals surface area contributed by atoms with Gasteiger partial charge >= 0.3 is 0 Å². The molecule has 82 valence electrons. The molecule has 0 fully saturated rings. The van der Waals surface area contributed by atoms with Gasteiger partial charge in [-0.05, 0) is 6.07 Å². The second-order valence-corrected chi connectivity index (χ2v) is 2.84. The summed E-state index contributed by atoms with van der Waals surface area (Å²) < 4.78 is 0. The second kappa shape index (κ2) is 5.76. The van der Waals surface area contributed by atoms with Crippen LogP contribution in [-0.2, 0) is 16.1 Å². The molecule has 0 aromatic carbocycles. The Morgan fingerprint density at radius 1 is 1.40 bits per heavy atom. The highest BCUT2D eigenvalue weighted by molar-refractivity contribution is 5.85. The molecule has 15 heavy (non-hydrogen) atoms. The van der Waals surface area contributed by atoms with Crippen LogP contribution in [0.25, 0.3) is 0 Å². The number of nitrogens with one attached hydrogen (secondary N) is 3. The van der Waals surface area contributed by atoms with Crippen molar-refractivity contribution in [2.24, 2.45) is 5.73 Å². The molecule has 1 rings (SSSR count). The lowest BCUT2D eigenvalue weighted by Gasteiger charge is -2.04. The van der Waals surface area contributed by atoms with E-state index in [1.165, 1.54) is 0 Å². The highest BCUT2D eigenvalue weighted by Crippen LogP contribution is 1.88. The third kappa shape index (κ3) is 4.23. The zero-order valence-corrected chi connectivity index (χ0v) is 8.12. The van der Waals surface area contributed by atoms with Crippen LogP contribution in [0.15, 0.2) is 12.3 Å². The predicted molar refractivity (Wildman–Crippen MR) is 52.5 cm³/mol. The summed E-state index contributed by atoms with van der Waals surface area (Å²) in [7, 11) is 0. The fraction of sp³-hybridized carbons (Fsp3) is 0.375. The lowest BCUT2D eigenvalue weighted by Crippen LogP contribution is -2.39. The molecular weight excluding hydrogens is 198 g/mol. The first-order valence-electron chi connectivity index (χ1n) is 4.44. The summed E-state index contributed by atoms with van der Waals surface area (Å²) in [6, 6.07) is 1.75. The highest BCUT2D eigenvalue weighted by Gasteiger charge is 2.03. The van der Waals surface area contributed by atoms with Crippen molar-refractivity contribution < 1.29 is 9.59 Å². The van der Waals surface area contributed by atoms with Crippen LogP contribution in [0.4, 0.5) is 0 Å². The van der Waals surface area contributed by atoms with E-state index in [1.54, 1.807) is 12.3 Å². The molecule has 0 saturated heterocycles. The van der Waals surface area contributed by atoms with Crippen LogP contribution < -0.4 is 16.4 Å². The molecule has 1 aromatic rings. The van der Waals surface area contributed by atoms with Gasteiger partial charge in [0.05, 0.1) is 25.3 Å². The van der Waals surface area contributed by atoms with Gasteiger partial charge < -0.3 is 16.4 Å². The van der Waals surface area contributed by atoms with Crippen molar-refractivity contribution in [2.45, 2.75) is 6.54 Å². The van der Waals surface area contributed by atoms with E-state index in [0.717, 1.165) is 5.69 Å². The number of rotatable bonds is 5. The first-order valence-corrected chi connectivity index (χ1v) is 4.44. The van der Waals surface area contributed by atoms with Crippen molar-refractivity contribution in [3.05, 3.63) is 18.0 Å². The monoisotopic (exact) mass is 211 g/mol. The average molecular weight is 211 g/mol. The Hall–Kier alpha value is -1.89. The molecule has 0 radical (unpaired) electrons. The van der Waals surface area contributed by atoms with Gasteiger partial charge in [0, 0.05) is 6.20 Å². The molecule has 0 aliphatic carbocycles. The lowest BCUT2D eigenvalue weighted by atomic mass is 10.4. The van der Waals surface area contributed by atoms with Crippen molar-refractivity contribution in [1.82, 2.24) is 20.8 Å². The van der Waals surface area contributed by atoms with Crippen LogP contribution in [0.1, 0.15) is 5.69 Å². The molecule has 0 bridgehead atoms. The van der Waals surface area contributed by atoms with E-state index in [2.05, 4.69) is 20.8 Å². The van der Waals surface area contributed by atoms with E-state index in [1.807, 2.05) is 0 Å². The van der Waals surface area contributed by atoms with Crippen molar-refractivity contribution in [1.29, 1.82) is 0 Å². The van der Waals surface area contributed by atoms with Crippen molar-refractivity contribution in [2.75, 3.05) is 13.1 Å². The van der Waals surface area contributed by atoms with Crippen LogP contribution >= 0.6 is 0 Å². The maximum absolute atomic E-state index is 11.2. The largest absolute Gasteiger partial charge is 0.349 e. The van der Waals surface area contributed by atoms with Gasteiger partial charge in [-0.3, -0.25) is 14.7 Å². The summed E-state index contributed by atoms with van der Waals surface area (Å²) in [6.07, 6.45) is 1.59. The summed E-state index contributed by atoms with van der Waals surface area (Å²) in [5.41, 5.74) is 5.85. The smallest absolute Gasteiger partial charge is 0.239 e. The van der Waals surface area contributed by atoms with E-state index in [9.17, 15) is 9.59 Å². The van der Waals surface area contributed by atoms with E-state index in [4.69, 9.17) is 5.73 Å². The summed E-state index contributed by atoms with van der Waals surface area (Å²) in [6.45, 7) is 0.176. The summed E-state index contributed by atoms with van der Waals surface area (Å²) in [4.78, 5) is 21.9. The van der Waals surface area contributed by atoms with Crippen LogP contribution in [-0.4, -0.2) is 35.1 Å². The van der Waals surface area contributed by atoms with Crippen LogP contribution in [0, 0.1) is 0 Å². The van der Waals surface area contributed by atoms with E-state index >= 15 is 0 Å². The number of hydrogen-bond acceptors (Lipinski definition) is 4. The number of nitrogens with two attached hydrogens (primary N) is 1. The molecular formula is C8H13N5O2. The van der Waals surface area contributed by atoms with Crippen LogP contribution in [0.2, 0.25) is 0 Å². The van der Waals surface area contributed by atoms with E-state index in [-0.39, 0.29) is 24.9 Å². The number of aromatic amines is 1. The molecule has 1 aromatic heterocycles. The minimum atomic E-state index is -0.355. The summed E-state index contributed by atoms with van der Waals surface area (Å²) in [5.74, 6) is -0.627. The van der Waals surface area contributed by atoms with Crippen molar-refractivity contribution in [3.8, 4) is 0 Å². The standard InChI is InChI=1S/C8H13N5O2/c9-3-7(14)11-5-8(15)10-4-6-1-2-12-13-6/h1-2H,3-5,9H2,(H,10,15)(H,11,14)(H,12,13). The van der Waals surface area contributed by atoms with Gasteiger partial charge in [-0.15, -0.1) is 0 Å². The van der Waals surface area contributed by atoms with Gasteiger partial charge in [-0.1, -0.05) is 0 Å². The molecule has 0 spiro atoms. The summed E-state index contributed by atoms with van der Waals surface area (Å²) in [5, 5.41) is 11.4. The molecule has 0 unspecified atom stereocenters. The maximum Gasteiger partial charge on any atom is 0.239 e.